The minimum Gasteiger partial charge on any atom is -0.335 e. The summed E-state index contributed by atoms with van der Waals surface area (Å²) >= 11 is 11.9. The SMILES string of the molecule is CC(C)N(Cc1ccc(Cl)c(Cl)c1)C(=O)CNC1CC1. The predicted molar refractivity (Wildman–Crippen MR) is 83.2 cm³/mol. The van der Waals surface area contributed by atoms with Gasteiger partial charge in [-0.05, 0) is 44.4 Å². The van der Waals surface area contributed by atoms with Crippen LogP contribution in [0, 0.1) is 0 Å². The number of hydrogen-bond donors (Lipinski definition) is 1. The molecule has 0 aromatic heterocycles. The number of nitrogens with one attached hydrogen (secondary N) is 1. The summed E-state index contributed by atoms with van der Waals surface area (Å²) in [5, 5.41) is 4.32. The molecule has 1 aliphatic rings. The summed E-state index contributed by atoms with van der Waals surface area (Å²) in [6.45, 7) is 5.00. The predicted octanol–water partition coefficient (Wildman–Crippen LogP) is 3.48. The van der Waals surface area contributed by atoms with Crippen molar-refractivity contribution in [3.8, 4) is 0 Å². The van der Waals surface area contributed by atoms with Crippen LogP contribution in [0.1, 0.15) is 32.3 Å². The van der Waals surface area contributed by atoms with Crippen LogP contribution in [0.5, 0.6) is 0 Å². The smallest absolute Gasteiger partial charge is 0.237 e. The molecule has 0 saturated heterocycles. The Bertz CT molecular complexity index is 487. The average Bonchev–Trinajstić information content (AvgIpc) is 3.21. The maximum Gasteiger partial charge on any atom is 0.237 e. The lowest BCUT2D eigenvalue weighted by Gasteiger charge is -2.27. The first-order valence-electron chi connectivity index (χ1n) is 6.94. The molecule has 1 fully saturated rings. The summed E-state index contributed by atoms with van der Waals surface area (Å²) < 4.78 is 0. The number of rotatable bonds is 6. The van der Waals surface area contributed by atoms with Gasteiger partial charge in [0.1, 0.15) is 0 Å². The molecule has 0 radical (unpaired) electrons. The molecule has 1 amide bonds. The van der Waals surface area contributed by atoms with E-state index in [0.717, 1.165) is 5.56 Å². The van der Waals surface area contributed by atoms with Crippen molar-refractivity contribution in [3.63, 3.8) is 0 Å². The lowest BCUT2D eigenvalue weighted by molar-refractivity contribution is -0.132. The number of hydrogen-bond acceptors (Lipinski definition) is 2. The van der Waals surface area contributed by atoms with Gasteiger partial charge in [-0.25, -0.2) is 0 Å². The number of nitrogens with zero attached hydrogens (tertiary/aromatic N) is 1. The minimum atomic E-state index is 0.123. The van der Waals surface area contributed by atoms with Gasteiger partial charge in [-0.15, -0.1) is 0 Å². The second kappa shape index (κ2) is 6.79. The second-order valence-electron chi connectivity index (χ2n) is 5.52. The summed E-state index contributed by atoms with van der Waals surface area (Å²) in [4.78, 5) is 14.1. The Morgan fingerprint density at radius 3 is 2.60 bits per heavy atom. The Morgan fingerprint density at radius 2 is 2.05 bits per heavy atom. The summed E-state index contributed by atoms with van der Waals surface area (Å²) in [6.07, 6.45) is 2.36. The van der Waals surface area contributed by atoms with Crippen molar-refractivity contribution in [2.75, 3.05) is 6.54 Å². The zero-order chi connectivity index (χ0) is 14.7. The number of halogens is 2. The molecule has 110 valence electrons. The van der Waals surface area contributed by atoms with Gasteiger partial charge in [0, 0.05) is 18.6 Å². The largest absolute Gasteiger partial charge is 0.335 e. The standard InChI is InChI=1S/C15H20Cl2N2O/c1-10(2)19(15(20)8-18-12-4-5-12)9-11-3-6-13(16)14(17)7-11/h3,6-7,10,12,18H,4-5,8-9H2,1-2H3. The van der Waals surface area contributed by atoms with Crippen molar-refractivity contribution in [2.45, 2.75) is 45.3 Å². The molecular weight excluding hydrogens is 295 g/mol. The summed E-state index contributed by atoms with van der Waals surface area (Å²) in [5.74, 6) is 0.123. The van der Waals surface area contributed by atoms with Crippen molar-refractivity contribution in [3.05, 3.63) is 33.8 Å². The molecule has 2 rings (SSSR count). The van der Waals surface area contributed by atoms with Crippen LogP contribution in [0.15, 0.2) is 18.2 Å². The highest BCUT2D eigenvalue weighted by molar-refractivity contribution is 6.42. The zero-order valence-corrected chi connectivity index (χ0v) is 13.3. The third kappa shape index (κ3) is 4.37. The first-order valence-corrected chi connectivity index (χ1v) is 7.69. The quantitative estimate of drug-likeness (QED) is 0.871. The molecule has 0 bridgehead atoms. The van der Waals surface area contributed by atoms with Crippen molar-refractivity contribution in [1.29, 1.82) is 0 Å². The fourth-order valence-electron chi connectivity index (χ4n) is 2.01. The zero-order valence-electron chi connectivity index (χ0n) is 11.8. The van der Waals surface area contributed by atoms with Gasteiger partial charge in [0.25, 0.3) is 0 Å². The highest BCUT2D eigenvalue weighted by atomic mass is 35.5. The highest BCUT2D eigenvalue weighted by Gasteiger charge is 2.24. The van der Waals surface area contributed by atoms with Gasteiger partial charge < -0.3 is 10.2 Å². The maximum absolute atomic E-state index is 12.3. The van der Waals surface area contributed by atoms with Gasteiger partial charge in [0.05, 0.1) is 16.6 Å². The van der Waals surface area contributed by atoms with E-state index >= 15 is 0 Å². The van der Waals surface area contributed by atoms with E-state index in [1.807, 2.05) is 30.9 Å². The van der Waals surface area contributed by atoms with E-state index in [2.05, 4.69) is 5.32 Å². The molecule has 20 heavy (non-hydrogen) atoms. The lowest BCUT2D eigenvalue weighted by atomic mass is 10.2. The van der Waals surface area contributed by atoms with Gasteiger partial charge in [0.15, 0.2) is 0 Å². The summed E-state index contributed by atoms with van der Waals surface area (Å²) in [6, 6.07) is 6.19. The van der Waals surface area contributed by atoms with E-state index in [1.54, 1.807) is 6.07 Å². The Morgan fingerprint density at radius 1 is 1.35 bits per heavy atom. The van der Waals surface area contributed by atoms with E-state index in [4.69, 9.17) is 23.2 Å². The molecule has 0 spiro atoms. The molecule has 0 atom stereocenters. The molecule has 0 heterocycles. The Balaban J connectivity index is 1.99. The number of carbonyl (C=O) groups excluding carboxylic acids is 1. The first kappa shape index (κ1) is 15.6. The van der Waals surface area contributed by atoms with E-state index in [1.165, 1.54) is 12.8 Å². The van der Waals surface area contributed by atoms with Gasteiger partial charge in [-0.1, -0.05) is 29.3 Å². The Kier molecular flexibility index (Phi) is 5.30. The van der Waals surface area contributed by atoms with Gasteiger partial charge in [-0.3, -0.25) is 4.79 Å². The summed E-state index contributed by atoms with van der Waals surface area (Å²) in [7, 11) is 0. The minimum absolute atomic E-state index is 0.123. The maximum atomic E-state index is 12.3. The summed E-state index contributed by atoms with van der Waals surface area (Å²) in [5.41, 5.74) is 0.993. The van der Waals surface area contributed by atoms with Gasteiger partial charge in [-0.2, -0.15) is 0 Å². The molecular formula is C15H20Cl2N2O. The monoisotopic (exact) mass is 314 g/mol. The fourth-order valence-corrected chi connectivity index (χ4v) is 2.33. The van der Waals surface area contributed by atoms with Crippen LogP contribution in [0.25, 0.3) is 0 Å². The van der Waals surface area contributed by atoms with E-state index in [9.17, 15) is 4.79 Å². The molecule has 1 N–H and O–H groups in total. The molecule has 1 saturated carbocycles. The van der Waals surface area contributed by atoms with Crippen LogP contribution < -0.4 is 5.32 Å². The first-order chi connectivity index (χ1) is 9.47. The van der Waals surface area contributed by atoms with Crippen LogP contribution in [0.3, 0.4) is 0 Å². The third-order valence-corrected chi connectivity index (χ3v) is 4.14. The molecule has 1 aliphatic carbocycles. The normalized spacial score (nSPS) is 14.7. The van der Waals surface area contributed by atoms with Crippen molar-refractivity contribution < 1.29 is 4.79 Å². The van der Waals surface area contributed by atoms with E-state index < -0.39 is 0 Å². The second-order valence-corrected chi connectivity index (χ2v) is 6.33. The van der Waals surface area contributed by atoms with Crippen LogP contribution in [-0.4, -0.2) is 29.4 Å². The van der Waals surface area contributed by atoms with Gasteiger partial charge in [0.2, 0.25) is 5.91 Å². The number of benzene rings is 1. The van der Waals surface area contributed by atoms with Crippen molar-refractivity contribution in [2.24, 2.45) is 0 Å². The van der Waals surface area contributed by atoms with Gasteiger partial charge >= 0.3 is 0 Å². The fraction of sp³-hybridized carbons (Fsp3) is 0.533. The lowest BCUT2D eigenvalue weighted by Crippen LogP contribution is -2.42. The number of amides is 1. The Labute approximate surface area is 130 Å². The van der Waals surface area contributed by atoms with Crippen LogP contribution in [-0.2, 0) is 11.3 Å². The van der Waals surface area contributed by atoms with Crippen molar-refractivity contribution in [1.82, 2.24) is 10.2 Å². The molecule has 5 heteroatoms. The van der Waals surface area contributed by atoms with E-state index in [0.29, 0.717) is 29.2 Å². The number of carbonyl (C=O) groups is 1. The molecule has 1 aromatic rings. The topological polar surface area (TPSA) is 32.3 Å². The van der Waals surface area contributed by atoms with Crippen LogP contribution in [0.4, 0.5) is 0 Å². The molecule has 0 unspecified atom stereocenters. The Hall–Kier alpha value is -0.770. The van der Waals surface area contributed by atoms with Crippen LogP contribution in [0.2, 0.25) is 10.0 Å². The molecule has 3 nitrogen and oxygen atoms in total. The average molecular weight is 315 g/mol. The molecule has 1 aromatic carbocycles. The van der Waals surface area contributed by atoms with E-state index in [-0.39, 0.29) is 11.9 Å². The third-order valence-electron chi connectivity index (χ3n) is 3.40. The highest BCUT2D eigenvalue weighted by Crippen LogP contribution is 2.24. The van der Waals surface area contributed by atoms with Crippen molar-refractivity contribution >= 4 is 29.1 Å². The molecule has 0 aliphatic heterocycles. The van der Waals surface area contributed by atoms with Crippen LogP contribution >= 0.6 is 23.2 Å².